The second kappa shape index (κ2) is 8.25. The van der Waals surface area contributed by atoms with E-state index in [1.807, 2.05) is 71.2 Å². The van der Waals surface area contributed by atoms with E-state index in [4.69, 9.17) is 4.98 Å². The van der Waals surface area contributed by atoms with Gasteiger partial charge in [0.25, 0.3) is 0 Å². The molecule has 0 amide bonds. The summed E-state index contributed by atoms with van der Waals surface area (Å²) in [6.45, 7) is 0. The summed E-state index contributed by atoms with van der Waals surface area (Å²) in [5, 5.41) is 15.6. The number of ketones is 1. The highest BCUT2D eigenvalue weighted by Gasteiger charge is 2.31. The molecular weight excluding hydrogens is 426 g/mol. The summed E-state index contributed by atoms with van der Waals surface area (Å²) in [6, 6.07) is 19.9. The standard InChI is InChI=1S/C23H19N5OS2/c1-27-18-9-5-6-10-20(18)31-22(27)17(13-24)19(29)14-30-23-25-21(15-11-12-15)28(26-23)16-7-3-2-4-8-16/h2-10,15H,11-12,14H2,1H3/b22-17+. The zero-order valence-electron chi connectivity index (χ0n) is 16.9. The maximum absolute atomic E-state index is 12.9. The fourth-order valence-corrected chi connectivity index (χ4v) is 5.35. The summed E-state index contributed by atoms with van der Waals surface area (Å²) in [6.07, 6.45) is 2.23. The Balaban J connectivity index is 1.36. The predicted molar refractivity (Wildman–Crippen MR) is 122 cm³/mol. The Morgan fingerprint density at radius 2 is 1.94 bits per heavy atom. The molecule has 5 rings (SSSR count). The van der Waals surface area contributed by atoms with Crippen molar-refractivity contribution in [1.82, 2.24) is 14.8 Å². The van der Waals surface area contributed by atoms with Crippen molar-refractivity contribution >= 4 is 35.0 Å². The predicted octanol–water partition coefficient (Wildman–Crippen LogP) is 4.78. The number of nitrogens with zero attached hydrogens (tertiary/aromatic N) is 5. The summed E-state index contributed by atoms with van der Waals surface area (Å²) in [5.74, 6) is 1.29. The first-order valence-corrected chi connectivity index (χ1v) is 11.8. The summed E-state index contributed by atoms with van der Waals surface area (Å²) in [4.78, 5) is 20.6. The lowest BCUT2D eigenvalue weighted by molar-refractivity contribution is -0.112. The molecule has 154 valence electrons. The van der Waals surface area contributed by atoms with E-state index in [0.717, 1.165) is 34.9 Å². The normalized spacial score (nSPS) is 16.7. The van der Waals surface area contributed by atoms with Crippen molar-refractivity contribution in [1.29, 1.82) is 5.26 Å². The minimum absolute atomic E-state index is 0.125. The number of hydrogen-bond acceptors (Lipinski definition) is 7. The smallest absolute Gasteiger partial charge is 0.209 e. The Bertz CT molecular complexity index is 1220. The van der Waals surface area contributed by atoms with Crippen LogP contribution < -0.4 is 4.90 Å². The van der Waals surface area contributed by atoms with Crippen LogP contribution >= 0.6 is 23.5 Å². The lowest BCUT2D eigenvalue weighted by Crippen LogP contribution is -2.16. The van der Waals surface area contributed by atoms with Crippen LogP contribution in [0.3, 0.4) is 0 Å². The Labute approximate surface area is 189 Å². The quantitative estimate of drug-likeness (QED) is 0.307. The van der Waals surface area contributed by atoms with Crippen LogP contribution in [0.25, 0.3) is 5.69 Å². The van der Waals surface area contributed by atoms with Gasteiger partial charge in [-0.3, -0.25) is 4.79 Å². The van der Waals surface area contributed by atoms with E-state index in [0.29, 0.717) is 16.1 Å². The molecule has 0 bridgehead atoms. The van der Waals surface area contributed by atoms with Crippen molar-refractivity contribution in [3.8, 4) is 11.8 Å². The molecule has 2 aliphatic rings. The van der Waals surface area contributed by atoms with Gasteiger partial charge in [-0.15, -0.1) is 5.10 Å². The highest BCUT2D eigenvalue weighted by atomic mass is 32.2. The van der Waals surface area contributed by atoms with Gasteiger partial charge in [-0.25, -0.2) is 9.67 Å². The van der Waals surface area contributed by atoms with Gasteiger partial charge in [0, 0.05) is 17.9 Å². The van der Waals surface area contributed by atoms with Crippen LogP contribution in [-0.2, 0) is 4.79 Å². The van der Waals surface area contributed by atoms with E-state index >= 15 is 0 Å². The van der Waals surface area contributed by atoms with Crippen LogP contribution in [-0.4, -0.2) is 33.3 Å². The van der Waals surface area contributed by atoms with Crippen LogP contribution in [0, 0.1) is 11.3 Å². The van der Waals surface area contributed by atoms with Gasteiger partial charge in [0.2, 0.25) is 5.16 Å². The van der Waals surface area contributed by atoms with Crippen LogP contribution in [0.15, 0.2) is 75.3 Å². The highest BCUT2D eigenvalue weighted by Crippen LogP contribution is 2.46. The third kappa shape index (κ3) is 3.87. The van der Waals surface area contributed by atoms with E-state index in [-0.39, 0.29) is 17.1 Å². The number of Topliss-reactive ketones (excluding diaryl/α,β-unsaturated/α-hetero) is 1. The lowest BCUT2D eigenvalue weighted by atomic mass is 10.2. The first kappa shape index (κ1) is 19.9. The van der Waals surface area contributed by atoms with Gasteiger partial charge in [0.15, 0.2) is 5.78 Å². The molecule has 1 fully saturated rings. The van der Waals surface area contributed by atoms with Crippen LogP contribution in [0.5, 0.6) is 0 Å². The molecule has 1 aliphatic heterocycles. The fourth-order valence-electron chi connectivity index (χ4n) is 3.48. The minimum Gasteiger partial charge on any atom is -0.337 e. The molecule has 1 saturated carbocycles. The number of allylic oxidation sites excluding steroid dienone is 1. The number of fused-ring (bicyclic) bond motifs is 1. The topological polar surface area (TPSA) is 74.8 Å². The Kier molecular flexibility index (Phi) is 5.30. The zero-order chi connectivity index (χ0) is 21.4. The largest absolute Gasteiger partial charge is 0.337 e. The average Bonchev–Trinajstić information content (AvgIpc) is 3.48. The van der Waals surface area contributed by atoms with Crippen LogP contribution in [0.1, 0.15) is 24.6 Å². The molecule has 0 unspecified atom stereocenters. The molecule has 3 aromatic rings. The Morgan fingerprint density at radius 3 is 2.65 bits per heavy atom. The van der Waals surface area contributed by atoms with E-state index in [2.05, 4.69) is 11.2 Å². The fraction of sp³-hybridized carbons (Fsp3) is 0.217. The van der Waals surface area contributed by atoms with Crippen molar-refractivity contribution in [3.63, 3.8) is 0 Å². The third-order valence-electron chi connectivity index (χ3n) is 5.23. The van der Waals surface area contributed by atoms with E-state index in [1.165, 1.54) is 23.5 Å². The van der Waals surface area contributed by atoms with Crippen LogP contribution in [0.2, 0.25) is 0 Å². The maximum Gasteiger partial charge on any atom is 0.209 e. The van der Waals surface area contributed by atoms with Gasteiger partial charge in [-0.05, 0) is 37.1 Å². The van der Waals surface area contributed by atoms with E-state index in [1.54, 1.807) is 0 Å². The molecule has 31 heavy (non-hydrogen) atoms. The summed E-state index contributed by atoms with van der Waals surface area (Å²) >= 11 is 2.75. The number of thioether (sulfide) groups is 2. The number of rotatable bonds is 6. The molecule has 0 radical (unpaired) electrons. The molecular formula is C23H19N5OS2. The lowest BCUT2D eigenvalue weighted by Gasteiger charge is -2.14. The number of carbonyl (C=O) groups is 1. The number of benzene rings is 2. The van der Waals surface area contributed by atoms with E-state index < -0.39 is 0 Å². The van der Waals surface area contributed by atoms with Gasteiger partial charge in [-0.2, -0.15) is 5.26 Å². The second-order valence-corrected chi connectivity index (χ2v) is 9.38. The first-order valence-electron chi connectivity index (χ1n) is 9.99. The number of hydrogen-bond donors (Lipinski definition) is 0. The molecule has 2 heterocycles. The molecule has 1 aliphatic carbocycles. The van der Waals surface area contributed by atoms with Gasteiger partial charge in [-0.1, -0.05) is 53.9 Å². The van der Waals surface area contributed by atoms with Crippen molar-refractivity contribution in [2.75, 3.05) is 17.7 Å². The molecule has 0 saturated heterocycles. The number of anilines is 1. The third-order valence-corrected chi connectivity index (χ3v) is 7.30. The second-order valence-electron chi connectivity index (χ2n) is 7.41. The van der Waals surface area contributed by atoms with Gasteiger partial charge in [0.1, 0.15) is 22.5 Å². The van der Waals surface area contributed by atoms with Crippen LogP contribution in [0.4, 0.5) is 5.69 Å². The molecule has 1 aromatic heterocycles. The number of nitriles is 1. The molecule has 0 atom stereocenters. The average molecular weight is 446 g/mol. The van der Waals surface area contributed by atoms with E-state index in [9.17, 15) is 10.1 Å². The van der Waals surface area contributed by atoms with Crippen molar-refractivity contribution in [2.24, 2.45) is 0 Å². The Morgan fingerprint density at radius 1 is 1.19 bits per heavy atom. The molecule has 2 aromatic carbocycles. The first-order chi connectivity index (χ1) is 15.2. The number of carbonyl (C=O) groups excluding carboxylic acids is 1. The Hall–Kier alpha value is -3.02. The molecule has 0 N–H and O–H groups in total. The van der Waals surface area contributed by atoms with Crippen molar-refractivity contribution < 1.29 is 4.79 Å². The van der Waals surface area contributed by atoms with Crippen molar-refractivity contribution in [3.05, 3.63) is 71.0 Å². The molecule has 8 heteroatoms. The maximum atomic E-state index is 12.9. The highest BCUT2D eigenvalue weighted by molar-refractivity contribution is 8.03. The number of aromatic nitrogens is 3. The molecule has 0 spiro atoms. The van der Waals surface area contributed by atoms with Gasteiger partial charge >= 0.3 is 0 Å². The van der Waals surface area contributed by atoms with Crippen molar-refractivity contribution in [2.45, 2.75) is 28.8 Å². The SMILES string of the molecule is CN1/C(=C(/C#N)C(=O)CSc2nc(C3CC3)n(-c3ccccc3)n2)Sc2ccccc21. The summed E-state index contributed by atoms with van der Waals surface area (Å²) in [5.41, 5.74) is 2.16. The minimum atomic E-state index is -0.210. The number of para-hydroxylation sites is 2. The van der Waals surface area contributed by atoms with Gasteiger partial charge < -0.3 is 4.90 Å². The summed E-state index contributed by atoms with van der Waals surface area (Å²) in [7, 11) is 1.89. The summed E-state index contributed by atoms with van der Waals surface area (Å²) < 4.78 is 1.88. The van der Waals surface area contributed by atoms with Gasteiger partial charge in [0.05, 0.1) is 17.1 Å². The monoisotopic (exact) mass is 445 g/mol. The zero-order valence-corrected chi connectivity index (χ0v) is 18.5. The molecule has 6 nitrogen and oxygen atoms in total.